The molecule has 0 heterocycles. The molecule has 2 saturated carbocycles. The van der Waals surface area contributed by atoms with E-state index < -0.39 is 0 Å². The number of hydrogen-bond donors (Lipinski definition) is 0. The maximum atomic E-state index is 6.46. The quantitative estimate of drug-likeness (QED) is 0.207. The normalized spacial score (nSPS) is 27.2. The van der Waals surface area contributed by atoms with Crippen molar-refractivity contribution in [3.05, 3.63) is 0 Å². The Bertz CT molecular complexity index is 740. The predicted molar refractivity (Wildman–Crippen MR) is 178 cm³/mol. The Morgan fingerprint density at radius 2 is 0.872 bits per heavy atom. The third-order valence-corrected chi connectivity index (χ3v) is 12.8. The van der Waals surface area contributed by atoms with Gasteiger partial charge in [0.1, 0.15) is 0 Å². The molecule has 0 aromatic heterocycles. The molecule has 232 valence electrons. The molecular formula is C38H73Cl. The first-order valence-corrected chi connectivity index (χ1v) is 17.6. The zero-order valence-electron chi connectivity index (χ0n) is 29.5. The van der Waals surface area contributed by atoms with Crippen LogP contribution in [0.25, 0.3) is 0 Å². The van der Waals surface area contributed by atoms with Crippen LogP contribution < -0.4 is 0 Å². The molecule has 5 unspecified atom stereocenters. The van der Waals surface area contributed by atoms with Gasteiger partial charge in [0.2, 0.25) is 0 Å². The van der Waals surface area contributed by atoms with Crippen molar-refractivity contribution in [3.8, 4) is 0 Å². The summed E-state index contributed by atoms with van der Waals surface area (Å²) in [4.78, 5) is 0. The zero-order valence-corrected chi connectivity index (χ0v) is 30.2. The van der Waals surface area contributed by atoms with E-state index in [9.17, 15) is 0 Å². The number of halogens is 1. The van der Waals surface area contributed by atoms with Crippen LogP contribution in [0.5, 0.6) is 0 Å². The fraction of sp³-hybridized carbons (Fsp3) is 1.00. The van der Waals surface area contributed by atoms with Gasteiger partial charge in [0.05, 0.1) is 0 Å². The third kappa shape index (κ3) is 9.65. The predicted octanol–water partition coefficient (Wildman–Crippen LogP) is 13.2. The van der Waals surface area contributed by atoms with Crippen molar-refractivity contribution >= 4 is 11.6 Å². The lowest BCUT2D eigenvalue weighted by Gasteiger charge is -2.50. The highest BCUT2D eigenvalue weighted by Gasteiger charge is 2.47. The van der Waals surface area contributed by atoms with E-state index in [1.807, 2.05) is 0 Å². The van der Waals surface area contributed by atoms with Crippen molar-refractivity contribution in [3.63, 3.8) is 0 Å². The second-order valence-corrected chi connectivity index (χ2v) is 19.9. The largest absolute Gasteiger partial charge is 0.126 e. The van der Waals surface area contributed by atoms with Crippen molar-refractivity contribution < 1.29 is 0 Å². The fourth-order valence-corrected chi connectivity index (χ4v) is 9.73. The minimum atomic E-state index is 0.285. The summed E-state index contributed by atoms with van der Waals surface area (Å²) in [5.74, 6) is 4.84. The Morgan fingerprint density at radius 3 is 1.26 bits per heavy atom. The van der Waals surface area contributed by atoms with Gasteiger partial charge < -0.3 is 0 Å². The van der Waals surface area contributed by atoms with Gasteiger partial charge in [0, 0.05) is 5.88 Å². The lowest BCUT2D eigenvalue weighted by molar-refractivity contribution is 0.000222. The van der Waals surface area contributed by atoms with E-state index in [0.717, 1.165) is 29.6 Å². The number of hydrogen-bond acceptors (Lipinski definition) is 0. The molecule has 0 spiro atoms. The van der Waals surface area contributed by atoms with Gasteiger partial charge in [-0.05, 0) is 120 Å². The Kier molecular flexibility index (Phi) is 11.7. The summed E-state index contributed by atoms with van der Waals surface area (Å²) < 4.78 is 0. The molecule has 2 aliphatic carbocycles. The summed E-state index contributed by atoms with van der Waals surface area (Å²) in [6.07, 6.45) is 16.8. The van der Waals surface area contributed by atoms with Crippen molar-refractivity contribution in [1.29, 1.82) is 0 Å². The number of alkyl halides is 1. The molecule has 0 saturated heterocycles. The van der Waals surface area contributed by atoms with E-state index in [2.05, 4.69) is 96.9 Å². The van der Waals surface area contributed by atoms with E-state index in [1.54, 1.807) is 0 Å². The first-order valence-electron chi connectivity index (χ1n) is 17.1. The Labute approximate surface area is 253 Å². The summed E-state index contributed by atoms with van der Waals surface area (Å²) in [5.41, 5.74) is 2.34. The Hall–Kier alpha value is 0.290. The molecule has 0 amide bonds. The lowest BCUT2D eigenvalue weighted by atomic mass is 9.55. The first kappa shape index (κ1) is 35.5. The summed E-state index contributed by atoms with van der Waals surface area (Å²) in [6, 6.07) is 0. The molecule has 0 N–H and O–H groups in total. The first-order chi connectivity index (χ1) is 17.5. The smallest absolute Gasteiger partial charge is 0.0256 e. The highest BCUT2D eigenvalue weighted by molar-refractivity contribution is 6.18. The van der Waals surface area contributed by atoms with Crippen LogP contribution in [-0.4, -0.2) is 5.88 Å². The van der Waals surface area contributed by atoms with Gasteiger partial charge in [-0.3, -0.25) is 0 Å². The molecule has 39 heavy (non-hydrogen) atoms. The third-order valence-electron chi connectivity index (χ3n) is 12.5. The average molecular weight is 565 g/mol. The van der Waals surface area contributed by atoms with Gasteiger partial charge in [-0.1, -0.05) is 116 Å². The van der Waals surface area contributed by atoms with Gasteiger partial charge in [0.15, 0.2) is 0 Å². The second kappa shape index (κ2) is 12.9. The average Bonchev–Trinajstić information content (AvgIpc) is 3.31. The molecule has 5 atom stereocenters. The molecule has 1 heteroatoms. The minimum Gasteiger partial charge on any atom is -0.126 e. The molecule has 2 fully saturated rings. The molecule has 0 aliphatic heterocycles. The molecule has 2 aliphatic rings. The SMILES string of the molecule is CC(C)(CCC(C)(C)C1CCCC1C(C)(C)CCC(C)(C)C1CCCCC1C(C)(C)C)CC(CCl)C(C)(C)C. The molecule has 0 radical (unpaired) electrons. The monoisotopic (exact) mass is 565 g/mol. The summed E-state index contributed by atoms with van der Waals surface area (Å²) in [7, 11) is 0. The van der Waals surface area contributed by atoms with Crippen molar-refractivity contribution in [2.24, 2.45) is 62.1 Å². The van der Waals surface area contributed by atoms with E-state index in [-0.39, 0.29) is 5.41 Å². The van der Waals surface area contributed by atoms with E-state index in [4.69, 9.17) is 11.6 Å². The van der Waals surface area contributed by atoms with Gasteiger partial charge >= 0.3 is 0 Å². The number of rotatable bonds is 12. The highest BCUT2D eigenvalue weighted by atomic mass is 35.5. The summed E-state index contributed by atoms with van der Waals surface area (Å²) >= 11 is 6.46. The maximum absolute atomic E-state index is 6.46. The Morgan fingerprint density at radius 1 is 0.513 bits per heavy atom. The Balaban J connectivity index is 2.08. The fourth-order valence-electron chi connectivity index (χ4n) is 9.16. The summed E-state index contributed by atoms with van der Waals surface area (Å²) in [5, 5.41) is 0. The van der Waals surface area contributed by atoms with E-state index in [0.29, 0.717) is 33.0 Å². The van der Waals surface area contributed by atoms with Crippen LogP contribution in [0, 0.1) is 62.1 Å². The topological polar surface area (TPSA) is 0 Å². The van der Waals surface area contributed by atoms with Crippen LogP contribution in [0.1, 0.15) is 174 Å². The highest BCUT2D eigenvalue weighted by Crippen LogP contribution is 2.57. The van der Waals surface area contributed by atoms with Crippen LogP contribution in [0.2, 0.25) is 0 Å². The van der Waals surface area contributed by atoms with E-state index >= 15 is 0 Å². The lowest BCUT2D eigenvalue weighted by Crippen LogP contribution is -2.41. The van der Waals surface area contributed by atoms with Crippen LogP contribution in [0.4, 0.5) is 0 Å². The molecular weight excluding hydrogens is 492 g/mol. The van der Waals surface area contributed by atoms with Crippen LogP contribution >= 0.6 is 11.6 Å². The van der Waals surface area contributed by atoms with Crippen molar-refractivity contribution in [2.75, 3.05) is 5.88 Å². The van der Waals surface area contributed by atoms with Gasteiger partial charge in [-0.25, -0.2) is 0 Å². The van der Waals surface area contributed by atoms with Crippen molar-refractivity contribution in [1.82, 2.24) is 0 Å². The zero-order chi connectivity index (χ0) is 30.1. The molecule has 0 aromatic carbocycles. The van der Waals surface area contributed by atoms with Gasteiger partial charge in [-0.15, -0.1) is 11.6 Å². The molecule has 2 rings (SSSR count). The summed E-state index contributed by atoms with van der Waals surface area (Å²) in [6.45, 7) is 35.4. The standard InChI is InChI=1S/C38H73Cl/c1-33(2,3)28(27-39)26-35(7,8)22-23-36(9,10)31-20-17-21-32(31)38(13,14)25-24-37(11,12)30-19-16-15-18-29(30)34(4,5)6/h28-32H,15-27H2,1-14H3. The van der Waals surface area contributed by atoms with E-state index in [1.165, 1.54) is 77.0 Å². The van der Waals surface area contributed by atoms with Crippen LogP contribution in [0.15, 0.2) is 0 Å². The maximum Gasteiger partial charge on any atom is 0.0256 e. The van der Waals surface area contributed by atoms with Gasteiger partial charge in [0.25, 0.3) is 0 Å². The minimum absolute atomic E-state index is 0.285. The van der Waals surface area contributed by atoms with Crippen molar-refractivity contribution in [2.45, 2.75) is 174 Å². The second-order valence-electron chi connectivity index (χ2n) is 19.6. The van der Waals surface area contributed by atoms with Crippen LogP contribution in [-0.2, 0) is 0 Å². The van der Waals surface area contributed by atoms with Gasteiger partial charge in [-0.2, -0.15) is 0 Å². The van der Waals surface area contributed by atoms with Crippen LogP contribution in [0.3, 0.4) is 0 Å². The molecule has 0 aromatic rings. The molecule has 0 nitrogen and oxygen atoms in total. The molecule has 0 bridgehead atoms.